The second-order valence-electron chi connectivity index (χ2n) is 3.00. The molecule has 2 aromatic rings. The highest BCUT2D eigenvalue weighted by atomic mass is 16.4. The number of carbonyl (C=O) groups is 1. The first-order valence-corrected chi connectivity index (χ1v) is 4.24. The van der Waals surface area contributed by atoms with Crippen LogP contribution in [0.2, 0.25) is 0 Å². The smallest absolute Gasteiger partial charge is 0.335 e. The van der Waals surface area contributed by atoms with E-state index in [9.17, 15) is 4.79 Å². The van der Waals surface area contributed by atoms with Crippen LogP contribution in [0.1, 0.15) is 16.1 Å². The van der Waals surface area contributed by atoms with Gasteiger partial charge in [0.05, 0.1) is 5.56 Å². The van der Waals surface area contributed by atoms with Crippen LogP contribution in [0, 0.1) is 6.92 Å². The Hall–Kier alpha value is -2.24. The minimum absolute atomic E-state index is 0.188. The molecular formula is C9H8N4O2. The number of hydrogen-bond donors (Lipinski definition) is 1. The molecule has 0 unspecified atom stereocenters. The van der Waals surface area contributed by atoms with E-state index in [1.165, 1.54) is 29.5 Å². The fourth-order valence-electron chi connectivity index (χ4n) is 1.22. The van der Waals surface area contributed by atoms with Gasteiger partial charge in [0.1, 0.15) is 12.7 Å². The average Bonchev–Trinajstić information content (AvgIpc) is 2.69. The Balaban J connectivity index is 2.54. The number of rotatable bonds is 2. The quantitative estimate of drug-likeness (QED) is 0.777. The van der Waals surface area contributed by atoms with Crippen LogP contribution in [0.5, 0.6) is 0 Å². The van der Waals surface area contributed by atoms with E-state index in [-0.39, 0.29) is 5.56 Å². The predicted octanol–water partition coefficient (Wildman–Crippen LogP) is 0.669. The lowest BCUT2D eigenvalue weighted by Gasteiger charge is -2.02. The molecule has 2 heterocycles. The van der Waals surface area contributed by atoms with Gasteiger partial charge in [0, 0.05) is 5.69 Å². The van der Waals surface area contributed by atoms with E-state index in [0.29, 0.717) is 11.5 Å². The monoisotopic (exact) mass is 204 g/mol. The van der Waals surface area contributed by atoms with Crippen molar-refractivity contribution in [2.24, 2.45) is 0 Å². The maximum atomic E-state index is 10.8. The van der Waals surface area contributed by atoms with Crippen molar-refractivity contribution >= 4 is 5.97 Å². The van der Waals surface area contributed by atoms with E-state index in [4.69, 9.17) is 5.11 Å². The summed E-state index contributed by atoms with van der Waals surface area (Å²) in [6, 6.07) is 2.95. The van der Waals surface area contributed by atoms with E-state index in [0.717, 1.165) is 0 Å². The van der Waals surface area contributed by atoms with Crippen molar-refractivity contribution in [3.63, 3.8) is 0 Å². The van der Waals surface area contributed by atoms with Crippen LogP contribution in [0.25, 0.3) is 5.82 Å². The van der Waals surface area contributed by atoms with E-state index in [1.807, 2.05) is 0 Å². The van der Waals surface area contributed by atoms with Gasteiger partial charge in [-0.15, -0.1) is 0 Å². The first-order valence-electron chi connectivity index (χ1n) is 4.24. The maximum Gasteiger partial charge on any atom is 0.335 e. The van der Waals surface area contributed by atoms with Crippen LogP contribution >= 0.6 is 0 Å². The van der Waals surface area contributed by atoms with Crippen LogP contribution in [0.3, 0.4) is 0 Å². The molecule has 76 valence electrons. The fraction of sp³-hybridized carbons (Fsp3) is 0.111. The third-order valence-electron chi connectivity index (χ3n) is 1.84. The Labute approximate surface area is 85.2 Å². The second kappa shape index (κ2) is 3.49. The van der Waals surface area contributed by atoms with Crippen LogP contribution < -0.4 is 0 Å². The van der Waals surface area contributed by atoms with Gasteiger partial charge in [0.2, 0.25) is 0 Å². The molecule has 0 saturated carbocycles. The Morgan fingerprint density at radius 3 is 2.87 bits per heavy atom. The first-order chi connectivity index (χ1) is 7.16. The van der Waals surface area contributed by atoms with E-state index < -0.39 is 5.97 Å². The molecule has 0 bridgehead atoms. The van der Waals surface area contributed by atoms with Gasteiger partial charge in [0.25, 0.3) is 0 Å². The molecule has 0 radical (unpaired) electrons. The van der Waals surface area contributed by atoms with Crippen molar-refractivity contribution in [2.75, 3.05) is 0 Å². The van der Waals surface area contributed by atoms with Crippen LogP contribution in [-0.2, 0) is 0 Å². The van der Waals surface area contributed by atoms with Gasteiger partial charge in [-0.25, -0.2) is 19.4 Å². The molecule has 6 heteroatoms. The summed E-state index contributed by atoms with van der Waals surface area (Å²) in [5, 5.41) is 12.7. The molecular weight excluding hydrogens is 196 g/mol. The van der Waals surface area contributed by atoms with Crippen LogP contribution in [0.4, 0.5) is 0 Å². The number of aromatic carboxylic acids is 1. The van der Waals surface area contributed by atoms with Crippen molar-refractivity contribution < 1.29 is 9.90 Å². The van der Waals surface area contributed by atoms with Gasteiger partial charge in [-0.2, -0.15) is 5.10 Å². The topological polar surface area (TPSA) is 80.9 Å². The van der Waals surface area contributed by atoms with Crippen molar-refractivity contribution in [3.05, 3.63) is 36.0 Å². The zero-order valence-electron chi connectivity index (χ0n) is 7.95. The molecule has 0 aliphatic heterocycles. The molecule has 6 nitrogen and oxygen atoms in total. The highest BCUT2D eigenvalue weighted by Crippen LogP contribution is 2.08. The summed E-state index contributed by atoms with van der Waals surface area (Å²) in [7, 11) is 0. The van der Waals surface area contributed by atoms with E-state index >= 15 is 0 Å². The van der Waals surface area contributed by atoms with Crippen LogP contribution in [0.15, 0.2) is 24.8 Å². The van der Waals surface area contributed by atoms with Gasteiger partial charge < -0.3 is 5.11 Å². The minimum Gasteiger partial charge on any atom is -0.478 e. The third kappa shape index (κ3) is 1.83. The molecule has 0 spiro atoms. The molecule has 0 aliphatic rings. The number of aryl methyl sites for hydroxylation is 1. The number of pyridine rings is 1. The summed E-state index contributed by atoms with van der Waals surface area (Å²) in [5.41, 5.74) is 0.813. The van der Waals surface area contributed by atoms with Gasteiger partial charge in [-0.1, -0.05) is 0 Å². The lowest BCUT2D eigenvalue weighted by molar-refractivity contribution is 0.0696. The maximum absolute atomic E-state index is 10.8. The Morgan fingerprint density at radius 1 is 1.47 bits per heavy atom. The summed E-state index contributed by atoms with van der Waals surface area (Å²) >= 11 is 0. The molecule has 0 aliphatic carbocycles. The molecule has 0 saturated heterocycles. The Morgan fingerprint density at radius 2 is 2.27 bits per heavy atom. The van der Waals surface area contributed by atoms with Gasteiger partial charge in [0.15, 0.2) is 5.82 Å². The lowest BCUT2D eigenvalue weighted by atomic mass is 10.2. The highest BCUT2D eigenvalue weighted by Gasteiger charge is 2.07. The zero-order chi connectivity index (χ0) is 10.8. The van der Waals surface area contributed by atoms with Crippen molar-refractivity contribution in [1.82, 2.24) is 19.7 Å². The summed E-state index contributed by atoms with van der Waals surface area (Å²) in [5.74, 6) is -0.535. The van der Waals surface area contributed by atoms with Gasteiger partial charge in [-0.3, -0.25) is 0 Å². The largest absolute Gasteiger partial charge is 0.478 e. The van der Waals surface area contributed by atoms with Crippen molar-refractivity contribution in [1.29, 1.82) is 0 Å². The number of aromatic nitrogens is 4. The lowest BCUT2D eigenvalue weighted by Crippen LogP contribution is -2.04. The number of carboxylic acids is 1. The van der Waals surface area contributed by atoms with Crippen molar-refractivity contribution in [2.45, 2.75) is 6.92 Å². The van der Waals surface area contributed by atoms with Gasteiger partial charge in [-0.05, 0) is 19.1 Å². The summed E-state index contributed by atoms with van der Waals surface area (Å²) in [4.78, 5) is 18.7. The summed E-state index contributed by atoms with van der Waals surface area (Å²) < 4.78 is 1.42. The summed E-state index contributed by atoms with van der Waals surface area (Å²) in [6.07, 6.45) is 2.83. The number of hydrogen-bond acceptors (Lipinski definition) is 4. The Kier molecular flexibility index (Phi) is 2.17. The molecule has 0 aromatic carbocycles. The average molecular weight is 204 g/mol. The minimum atomic E-state index is -0.984. The second-order valence-corrected chi connectivity index (χ2v) is 3.00. The third-order valence-corrected chi connectivity index (χ3v) is 1.84. The normalized spacial score (nSPS) is 10.2. The Bertz CT molecular complexity index is 493. The first kappa shape index (κ1) is 9.32. The van der Waals surface area contributed by atoms with Gasteiger partial charge >= 0.3 is 5.97 Å². The number of carboxylic acid groups (broad SMARTS) is 1. The highest BCUT2D eigenvalue weighted by molar-refractivity contribution is 5.88. The zero-order valence-corrected chi connectivity index (χ0v) is 7.95. The molecule has 15 heavy (non-hydrogen) atoms. The molecule has 0 fully saturated rings. The molecule has 2 rings (SSSR count). The molecule has 0 atom stereocenters. The summed E-state index contributed by atoms with van der Waals surface area (Å²) in [6.45, 7) is 1.73. The standard InChI is InChI=1S/C9H8N4O2/c1-6-2-7(9(14)15)3-8(12-6)13-5-10-4-11-13/h2-5H,1H3,(H,14,15). The molecule has 2 aromatic heterocycles. The molecule has 1 N–H and O–H groups in total. The molecule has 0 amide bonds. The SMILES string of the molecule is Cc1cc(C(=O)O)cc(-n2cncn2)n1. The van der Waals surface area contributed by atoms with E-state index in [2.05, 4.69) is 15.1 Å². The number of nitrogens with zero attached hydrogens (tertiary/aromatic N) is 4. The fourth-order valence-corrected chi connectivity index (χ4v) is 1.22. The van der Waals surface area contributed by atoms with Crippen LogP contribution in [-0.4, -0.2) is 30.8 Å². The van der Waals surface area contributed by atoms with Crippen molar-refractivity contribution in [3.8, 4) is 5.82 Å². The predicted molar refractivity (Wildman–Crippen MR) is 50.9 cm³/mol. The van der Waals surface area contributed by atoms with E-state index in [1.54, 1.807) is 6.92 Å².